The van der Waals surface area contributed by atoms with Gasteiger partial charge in [0.25, 0.3) is 0 Å². The van der Waals surface area contributed by atoms with Crippen molar-refractivity contribution in [3.63, 3.8) is 0 Å². The summed E-state index contributed by atoms with van der Waals surface area (Å²) in [5.41, 5.74) is 6.90. The number of rotatable bonds is 9. The quantitative estimate of drug-likeness (QED) is 0.282. The van der Waals surface area contributed by atoms with Crippen molar-refractivity contribution < 1.29 is 19.0 Å². The highest BCUT2D eigenvalue weighted by Gasteiger charge is 2.36. The lowest BCUT2D eigenvalue weighted by molar-refractivity contribution is -0.160. The van der Waals surface area contributed by atoms with Gasteiger partial charge in [0.2, 0.25) is 0 Å². The van der Waals surface area contributed by atoms with E-state index in [2.05, 4.69) is 55.0 Å². The summed E-state index contributed by atoms with van der Waals surface area (Å²) in [5, 5.41) is 10.4. The monoisotopic (exact) mass is 575 g/mol. The van der Waals surface area contributed by atoms with Gasteiger partial charge in [-0.2, -0.15) is 0 Å². The van der Waals surface area contributed by atoms with Crippen LogP contribution in [0.3, 0.4) is 0 Å². The van der Waals surface area contributed by atoms with Gasteiger partial charge in [0.1, 0.15) is 5.82 Å². The molecule has 6 nitrogen and oxygen atoms in total. The fourth-order valence-electron chi connectivity index (χ4n) is 5.80. The van der Waals surface area contributed by atoms with Crippen LogP contribution in [0.1, 0.15) is 81.6 Å². The lowest BCUT2D eigenvalue weighted by atomic mass is 9.81. The summed E-state index contributed by atoms with van der Waals surface area (Å²) < 4.78 is 19.5. The van der Waals surface area contributed by atoms with E-state index in [1.54, 1.807) is 0 Å². The second kappa shape index (κ2) is 12.5. The fraction of sp³-hybridized carbons (Fsp3) is 0.486. The van der Waals surface area contributed by atoms with E-state index < -0.39 is 17.7 Å². The number of hydrogen-bond acceptors (Lipinski definition) is 5. The Hall–Kier alpha value is -3.29. The van der Waals surface area contributed by atoms with Crippen LogP contribution in [0.5, 0.6) is 0 Å². The van der Waals surface area contributed by atoms with Gasteiger partial charge in [-0.15, -0.1) is 0 Å². The Bertz CT molecular complexity index is 1380. The van der Waals surface area contributed by atoms with E-state index in [-0.39, 0.29) is 11.2 Å². The maximum Gasteiger partial charge on any atom is 0.337 e. The van der Waals surface area contributed by atoms with Crippen molar-refractivity contribution in [2.24, 2.45) is 5.41 Å². The average molecular weight is 576 g/mol. The Labute approximate surface area is 250 Å². The largest absolute Gasteiger partial charge is 0.479 e. The molecule has 226 valence electrons. The van der Waals surface area contributed by atoms with E-state index in [9.17, 15) is 14.3 Å². The van der Waals surface area contributed by atoms with Gasteiger partial charge in [0, 0.05) is 48.7 Å². The fourth-order valence-corrected chi connectivity index (χ4v) is 5.80. The molecule has 3 aromatic rings. The van der Waals surface area contributed by atoms with Crippen LogP contribution in [0.15, 0.2) is 48.5 Å². The topological polar surface area (TPSA) is 65.9 Å². The Kier molecular flexibility index (Phi) is 9.43. The number of aliphatic carboxylic acids is 1. The van der Waals surface area contributed by atoms with Crippen molar-refractivity contribution in [2.45, 2.75) is 86.1 Å². The summed E-state index contributed by atoms with van der Waals surface area (Å²) in [5.74, 6) is -1.24. The second-order valence-corrected chi connectivity index (χ2v) is 13.5. The molecule has 1 N–H and O–H groups in total. The number of halogens is 1. The first-order valence-corrected chi connectivity index (χ1v) is 14.8. The number of carboxylic acids is 1. The van der Waals surface area contributed by atoms with Crippen LogP contribution >= 0.6 is 0 Å². The highest BCUT2D eigenvalue weighted by atomic mass is 19.1. The van der Waals surface area contributed by atoms with Crippen molar-refractivity contribution in [3.05, 3.63) is 82.4 Å². The zero-order valence-corrected chi connectivity index (χ0v) is 26.4. The van der Waals surface area contributed by atoms with Gasteiger partial charge < -0.3 is 14.7 Å². The van der Waals surface area contributed by atoms with Crippen LogP contribution in [-0.2, 0) is 22.6 Å². The van der Waals surface area contributed by atoms with Crippen LogP contribution in [-0.4, -0.2) is 46.7 Å². The van der Waals surface area contributed by atoms with E-state index in [1.165, 1.54) is 12.1 Å². The number of benzene rings is 2. The van der Waals surface area contributed by atoms with E-state index in [1.807, 2.05) is 46.8 Å². The van der Waals surface area contributed by atoms with Crippen LogP contribution in [0.4, 0.5) is 10.1 Å². The average Bonchev–Trinajstić information content (AvgIpc) is 2.89. The zero-order valence-electron chi connectivity index (χ0n) is 26.4. The zero-order chi connectivity index (χ0) is 30.8. The molecule has 7 heteroatoms. The summed E-state index contributed by atoms with van der Waals surface area (Å²) in [4.78, 5) is 22.1. The summed E-state index contributed by atoms with van der Waals surface area (Å²) in [6, 6.07) is 15.1. The van der Waals surface area contributed by atoms with Crippen molar-refractivity contribution >= 4 is 11.7 Å². The first-order chi connectivity index (χ1) is 19.6. The predicted octanol–water partition coefficient (Wildman–Crippen LogP) is 7.70. The molecule has 0 radical (unpaired) electrons. The molecule has 0 spiro atoms. The molecule has 1 aliphatic heterocycles. The van der Waals surface area contributed by atoms with E-state index in [0.29, 0.717) is 17.8 Å². The highest BCUT2D eigenvalue weighted by molar-refractivity contribution is 5.88. The normalized spacial score (nSPS) is 16.1. The summed E-state index contributed by atoms with van der Waals surface area (Å²) in [6.07, 6.45) is 0.897. The van der Waals surface area contributed by atoms with E-state index in [4.69, 9.17) is 9.72 Å². The first-order valence-electron chi connectivity index (χ1n) is 14.8. The van der Waals surface area contributed by atoms with Crippen molar-refractivity contribution in [3.8, 4) is 11.1 Å². The van der Waals surface area contributed by atoms with Gasteiger partial charge in [-0.1, -0.05) is 50.2 Å². The third kappa shape index (κ3) is 7.75. The standard InChI is InChI=1S/C35H46FN3O3/c1-23-29(27-13-9-25(10-14-27)21-38(8)22-26-11-15-28(36)16-12-26)31(39-19-17-35(6,7)18-20-39)30(24(2)37-23)32(33(40)41)42-34(3,4)5/h9-16,32H,17-22H2,1-8H3,(H,40,41). The number of nitrogens with zero attached hydrogens (tertiary/aromatic N) is 3. The van der Waals surface area contributed by atoms with Crippen molar-refractivity contribution in [1.29, 1.82) is 0 Å². The van der Waals surface area contributed by atoms with E-state index in [0.717, 1.165) is 66.1 Å². The van der Waals surface area contributed by atoms with Crippen molar-refractivity contribution in [1.82, 2.24) is 9.88 Å². The number of carbonyl (C=O) groups is 1. The molecule has 42 heavy (non-hydrogen) atoms. The number of hydrogen-bond donors (Lipinski definition) is 1. The van der Waals surface area contributed by atoms with Gasteiger partial charge in [0.05, 0.1) is 11.3 Å². The SMILES string of the molecule is Cc1nc(C)c(C(OC(C)(C)C)C(=O)O)c(N2CCC(C)(C)CC2)c1-c1ccc(CN(C)Cc2ccc(F)cc2)cc1. The molecule has 1 aromatic heterocycles. The summed E-state index contributed by atoms with van der Waals surface area (Å²) >= 11 is 0. The molecule has 0 aliphatic carbocycles. The van der Waals surface area contributed by atoms with Gasteiger partial charge in [-0.3, -0.25) is 9.88 Å². The molecule has 0 saturated carbocycles. The number of pyridine rings is 1. The van der Waals surface area contributed by atoms with Crippen molar-refractivity contribution in [2.75, 3.05) is 25.0 Å². The molecule has 4 rings (SSSR count). The maximum absolute atomic E-state index is 13.3. The van der Waals surface area contributed by atoms with E-state index >= 15 is 0 Å². The molecule has 2 aromatic carbocycles. The Morgan fingerprint density at radius 1 is 1.00 bits per heavy atom. The van der Waals surface area contributed by atoms with Crippen LogP contribution in [0.2, 0.25) is 0 Å². The Morgan fingerprint density at radius 2 is 1.52 bits per heavy atom. The van der Waals surface area contributed by atoms with Crippen LogP contribution in [0.25, 0.3) is 11.1 Å². The number of carboxylic acid groups (broad SMARTS) is 1. The minimum absolute atomic E-state index is 0.228. The molecule has 2 heterocycles. The highest BCUT2D eigenvalue weighted by Crippen LogP contribution is 2.44. The maximum atomic E-state index is 13.3. The van der Waals surface area contributed by atoms with Gasteiger partial charge >= 0.3 is 5.97 Å². The van der Waals surface area contributed by atoms with Gasteiger partial charge in [0.15, 0.2) is 6.10 Å². The lowest BCUT2D eigenvalue weighted by Gasteiger charge is -2.41. The smallest absolute Gasteiger partial charge is 0.337 e. The summed E-state index contributed by atoms with van der Waals surface area (Å²) in [7, 11) is 2.05. The minimum Gasteiger partial charge on any atom is -0.479 e. The molecule has 1 saturated heterocycles. The molecule has 1 aliphatic rings. The molecule has 0 amide bonds. The molecule has 1 unspecified atom stereocenters. The molecule has 1 fully saturated rings. The van der Waals surface area contributed by atoms with Crippen LogP contribution < -0.4 is 4.90 Å². The number of anilines is 1. The number of piperidine rings is 1. The number of ether oxygens (including phenoxy) is 1. The molecule has 1 atom stereocenters. The lowest BCUT2D eigenvalue weighted by Crippen LogP contribution is -2.39. The number of aryl methyl sites for hydroxylation is 2. The molecular weight excluding hydrogens is 529 g/mol. The molecule has 0 bridgehead atoms. The van der Waals surface area contributed by atoms with Gasteiger partial charge in [-0.25, -0.2) is 9.18 Å². The second-order valence-electron chi connectivity index (χ2n) is 13.5. The minimum atomic E-state index is -1.14. The molecular formula is C35H46FN3O3. The third-order valence-electron chi connectivity index (χ3n) is 8.03. The predicted molar refractivity (Wildman–Crippen MR) is 167 cm³/mol. The Morgan fingerprint density at radius 3 is 2.02 bits per heavy atom. The summed E-state index contributed by atoms with van der Waals surface area (Å²) in [6.45, 7) is 17.3. The number of aromatic nitrogens is 1. The van der Waals surface area contributed by atoms with Crippen LogP contribution in [0, 0.1) is 25.1 Å². The third-order valence-corrected chi connectivity index (χ3v) is 8.03. The van der Waals surface area contributed by atoms with Gasteiger partial charge in [-0.05, 0) is 88.7 Å². The first kappa shape index (κ1) is 31.6. The Balaban J connectivity index is 1.74.